The number of aromatic carboxylic acids is 1. The second kappa shape index (κ2) is 9.71. The average molecular weight is 421 g/mol. The van der Waals surface area contributed by atoms with Crippen LogP contribution in [0.1, 0.15) is 41.0 Å². The summed E-state index contributed by atoms with van der Waals surface area (Å²) in [7, 11) is 0. The van der Waals surface area contributed by atoms with E-state index in [1.807, 2.05) is 31.2 Å². The molecule has 0 atom stereocenters. The Hall–Kier alpha value is -3.94. The Morgan fingerprint density at radius 3 is 2.48 bits per heavy atom. The van der Waals surface area contributed by atoms with Gasteiger partial charge in [-0.1, -0.05) is 25.1 Å². The van der Waals surface area contributed by atoms with Gasteiger partial charge >= 0.3 is 11.9 Å². The number of aromatic nitrogens is 2. The van der Waals surface area contributed by atoms with Crippen molar-refractivity contribution in [2.75, 3.05) is 6.61 Å². The fraction of sp³-hybridized carbons (Fsp3) is 0.217. The minimum absolute atomic E-state index is 0.105. The van der Waals surface area contributed by atoms with Crippen molar-refractivity contribution < 1.29 is 19.4 Å². The van der Waals surface area contributed by atoms with Crippen molar-refractivity contribution in [2.45, 2.75) is 26.7 Å². The number of benzene rings is 2. The highest BCUT2D eigenvalue weighted by molar-refractivity contribution is 5.88. The van der Waals surface area contributed by atoms with Gasteiger partial charge < -0.3 is 9.84 Å². The van der Waals surface area contributed by atoms with Gasteiger partial charge in [0, 0.05) is 6.21 Å². The van der Waals surface area contributed by atoms with E-state index < -0.39 is 17.5 Å². The highest BCUT2D eigenvalue weighted by Crippen LogP contribution is 2.19. The zero-order chi connectivity index (χ0) is 22.4. The first kappa shape index (κ1) is 21.8. The molecule has 0 aliphatic rings. The standard InChI is InChI=1S/C23H23N3O5/c1-3-15-7-5-6-8-19(15)24-14-18-20(13-21(27)31-4-2)25-26(22(18)28)17-11-9-16(10-12-17)23(29)30/h5-12,14,25H,3-4,13H2,1-2H3,(H,29,30). The number of aromatic amines is 1. The number of esters is 1. The summed E-state index contributed by atoms with van der Waals surface area (Å²) in [5.74, 6) is -1.53. The van der Waals surface area contributed by atoms with Crippen LogP contribution in [0.4, 0.5) is 5.69 Å². The lowest BCUT2D eigenvalue weighted by Gasteiger charge is -2.03. The molecule has 0 unspecified atom stereocenters. The van der Waals surface area contributed by atoms with Gasteiger partial charge in [-0.3, -0.25) is 19.7 Å². The maximum absolute atomic E-state index is 13.1. The van der Waals surface area contributed by atoms with Crippen LogP contribution in [0.5, 0.6) is 0 Å². The topological polar surface area (TPSA) is 114 Å². The molecule has 0 radical (unpaired) electrons. The maximum atomic E-state index is 13.1. The summed E-state index contributed by atoms with van der Waals surface area (Å²) < 4.78 is 6.27. The van der Waals surface area contributed by atoms with Crippen molar-refractivity contribution in [3.8, 4) is 5.69 Å². The molecule has 0 aliphatic heterocycles. The van der Waals surface area contributed by atoms with Crippen molar-refractivity contribution in [2.24, 2.45) is 4.99 Å². The number of aryl methyl sites for hydroxylation is 1. The Balaban J connectivity index is 2.05. The number of nitrogens with one attached hydrogen (secondary N) is 1. The molecule has 8 heteroatoms. The molecule has 0 bridgehead atoms. The third-order valence-electron chi connectivity index (χ3n) is 4.71. The van der Waals surface area contributed by atoms with Crippen molar-refractivity contribution in [1.82, 2.24) is 9.78 Å². The summed E-state index contributed by atoms with van der Waals surface area (Å²) >= 11 is 0. The summed E-state index contributed by atoms with van der Waals surface area (Å²) in [6.45, 7) is 3.96. The van der Waals surface area contributed by atoms with E-state index in [2.05, 4.69) is 10.1 Å². The molecule has 0 saturated heterocycles. The fourth-order valence-corrected chi connectivity index (χ4v) is 3.12. The van der Waals surface area contributed by atoms with Crippen LogP contribution >= 0.6 is 0 Å². The van der Waals surface area contributed by atoms with E-state index in [1.54, 1.807) is 6.92 Å². The van der Waals surface area contributed by atoms with Crippen molar-refractivity contribution in [3.63, 3.8) is 0 Å². The minimum Gasteiger partial charge on any atom is -0.478 e. The number of aliphatic imine (C=N–C) groups is 1. The number of ether oxygens (including phenoxy) is 1. The summed E-state index contributed by atoms with van der Waals surface area (Å²) in [4.78, 5) is 40.7. The van der Waals surface area contributed by atoms with E-state index in [0.29, 0.717) is 11.4 Å². The van der Waals surface area contributed by atoms with Crippen LogP contribution in [-0.2, 0) is 22.4 Å². The van der Waals surface area contributed by atoms with E-state index in [-0.39, 0.29) is 24.2 Å². The number of H-pyrrole nitrogens is 1. The van der Waals surface area contributed by atoms with E-state index >= 15 is 0 Å². The molecule has 2 N–H and O–H groups in total. The van der Waals surface area contributed by atoms with Gasteiger partial charge in [0.1, 0.15) is 0 Å². The SMILES string of the molecule is CCOC(=O)Cc1[nH]n(-c2ccc(C(=O)O)cc2)c(=O)c1C=Nc1ccccc1CC. The molecule has 1 heterocycles. The zero-order valence-corrected chi connectivity index (χ0v) is 17.3. The number of nitrogens with zero attached hydrogens (tertiary/aromatic N) is 2. The number of hydrogen-bond acceptors (Lipinski definition) is 5. The normalized spacial score (nSPS) is 11.0. The van der Waals surface area contributed by atoms with Crippen LogP contribution in [0, 0.1) is 0 Å². The van der Waals surface area contributed by atoms with Crippen LogP contribution in [0.3, 0.4) is 0 Å². The Kier molecular flexibility index (Phi) is 6.81. The molecule has 8 nitrogen and oxygen atoms in total. The van der Waals surface area contributed by atoms with Crippen LogP contribution in [-0.4, -0.2) is 39.6 Å². The van der Waals surface area contributed by atoms with Gasteiger partial charge in [-0.25, -0.2) is 9.48 Å². The predicted octanol–water partition coefficient (Wildman–Crippen LogP) is 3.28. The van der Waals surface area contributed by atoms with Crippen LogP contribution < -0.4 is 5.56 Å². The summed E-state index contributed by atoms with van der Waals surface area (Å²) in [5, 5.41) is 12.0. The van der Waals surface area contributed by atoms with Gasteiger partial charge in [-0.2, -0.15) is 0 Å². The van der Waals surface area contributed by atoms with Gasteiger partial charge in [-0.05, 0) is 49.2 Å². The quantitative estimate of drug-likeness (QED) is 0.428. The average Bonchev–Trinajstić information content (AvgIpc) is 3.07. The molecule has 3 rings (SSSR count). The Morgan fingerprint density at radius 2 is 1.84 bits per heavy atom. The molecule has 0 saturated carbocycles. The summed E-state index contributed by atoms with van der Waals surface area (Å²) in [6, 6.07) is 13.5. The fourth-order valence-electron chi connectivity index (χ4n) is 3.12. The molecule has 3 aromatic rings. The van der Waals surface area contributed by atoms with Crippen molar-refractivity contribution in [3.05, 3.63) is 81.3 Å². The highest BCUT2D eigenvalue weighted by Gasteiger charge is 2.17. The number of rotatable bonds is 8. The van der Waals surface area contributed by atoms with E-state index in [0.717, 1.165) is 17.7 Å². The second-order valence-electron chi connectivity index (χ2n) is 6.72. The zero-order valence-electron chi connectivity index (χ0n) is 17.3. The number of hydrogen-bond donors (Lipinski definition) is 2. The first-order valence-corrected chi connectivity index (χ1v) is 9.89. The lowest BCUT2D eigenvalue weighted by Crippen LogP contribution is -2.17. The third kappa shape index (κ3) is 4.98. The molecule has 160 valence electrons. The minimum atomic E-state index is -1.06. The number of para-hydroxylation sites is 1. The number of carboxylic acid groups (broad SMARTS) is 1. The van der Waals surface area contributed by atoms with Crippen LogP contribution in [0.25, 0.3) is 5.69 Å². The van der Waals surface area contributed by atoms with Gasteiger partial charge in [-0.15, -0.1) is 0 Å². The van der Waals surface area contributed by atoms with Crippen molar-refractivity contribution in [1.29, 1.82) is 0 Å². The third-order valence-corrected chi connectivity index (χ3v) is 4.71. The van der Waals surface area contributed by atoms with Crippen LogP contribution in [0.2, 0.25) is 0 Å². The molecule has 0 spiro atoms. The van der Waals surface area contributed by atoms with Gasteiger partial charge in [0.25, 0.3) is 5.56 Å². The van der Waals surface area contributed by atoms with Gasteiger partial charge in [0.05, 0.1) is 41.2 Å². The summed E-state index contributed by atoms with van der Waals surface area (Å²) in [6.07, 6.45) is 2.11. The Labute approximate surface area is 178 Å². The molecule has 0 fully saturated rings. The van der Waals surface area contributed by atoms with Gasteiger partial charge in [0.15, 0.2) is 0 Å². The smallest absolute Gasteiger partial charge is 0.335 e. The molecular formula is C23H23N3O5. The van der Waals surface area contributed by atoms with Crippen molar-refractivity contribution >= 4 is 23.8 Å². The Morgan fingerprint density at radius 1 is 1.13 bits per heavy atom. The first-order chi connectivity index (χ1) is 14.9. The highest BCUT2D eigenvalue weighted by atomic mass is 16.5. The predicted molar refractivity (Wildman–Crippen MR) is 117 cm³/mol. The molecule has 2 aromatic carbocycles. The number of carboxylic acids is 1. The second-order valence-corrected chi connectivity index (χ2v) is 6.72. The molecule has 0 aliphatic carbocycles. The molecular weight excluding hydrogens is 398 g/mol. The van der Waals surface area contributed by atoms with E-state index in [1.165, 1.54) is 35.2 Å². The van der Waals surface area contributed by atoms with Gasteiger partial charge in [0.2, 0.25) is 0 Å². The van der Waals surface area contributed by atoms with E-state index in [4.69, 9.17) is 9.84 Å². The number of carbonyl (C=O) groups is 2. The molecule has 0 amide bonds. The molecule has 31 heavy (non-hydrogen) atoms. The molecule has 1 aromatic heterocycles. The number of carbonyl (C=O) groups excluding carboxylic acids is 1. The Bertz CT molecular complexity index is 1170. The summed E-state index contributed by atoms with van der Waals surface area (Å²) in [5.41, 5.74) is 2.52. The first-order valence-electron chi connectivity index (χ1n) is 9.89. The van der Waals surface area contributed by atoms with E-state index in [9.17, 15) is 14.4 Å². The lowest BCUT2D eigenvalue weighted by molar-refractivity contribution is -0.142. The largest absolute Gasteiger partial charge is 0.478 e. The lowest BCUT2D eigenvalue weighted by atomic mass is 10.1. The maximum Gasteiger partial charge on any atom is 0.335 e. The van der Waals surface area contributed by atoms with Crippen LogP contribution in [0.15, 0.2) is 58.3 Å². The monoisotopic (exact) mass is 421 g/mol.